The lowest BCUT2D eigenvalue weighted by atomic mass is 10.0. The molecule has 0 saturated carbocycles. The van der Waals surface area contributed by atoms with Gasteiger partial charge < -0.3 is 24.3 Å². The number of hydrogen-bond acceptors (Lipinski definition) is 8. The van der Waals surface area contributed by atoms with Crippen LogP contribution in [0.15, 0.2) is 29.7 Å². The van der Waals surface area contributed by atoms with Crippen LogP contribution in [0.2, 0.25) is 0 Å². The number of carbonyl (C=O) groups is 2. The molecule has 0 aromatic carbocycles. The highest BCUT2D eigenvalue weighted by atomic mass is 16.6. The number of imidazole rings is 1. The molecule has 4 rings (SSSR count). The fourth-order valence-electron chi connectivity index (χ4n) is 3.67. The lowest BCUT2D eigenvalue weighted by molar-refractivity contribution is -0.141. The van der Waals surface area contributed by atoms with Crippen molar-refractivity contribution in [1.82, 2.24) is 24.6 Å². The maximum Gasteiger partial charge on any atom is 0.290 e. The summed E-state index contributed by atoms with van der Waals surface area (Å²) >= 11 is 0. The molecule has 1 amide bonds. The number of oxime groups is 1. The summed E-state index contributed by atoms with van der Waals surface area (Å²) in [6.07, 6.45) is 4.62. The largest absolute Gasteiger partial charge is 0.483 e. The smallest absolute Gasteiger partial charge is 0.290 e. The Morgan fingerprint density at radius 2 is 2.00 bits per heavy atom. The van der Waals surface area contributed by atoms with Gasteiger partial charge in [0.25, 0.3) is 12.4 Å². The van der Waals surface area contributed by atoms with Gasteiger partial charge in [-0.05, 0) is 24.5 Å². The van der Waals surface area contributed by atoms with Crippen molar-refractivity contribution in [2.24, 2.45) is 18.1 Å². The van der Waals surface area contributed by atoms with Crippen LogP contribution < -0.4 is 4.90 Å². The number of carbonyl (C=O) groups excluding carboxylic acids is 1. The van der Waals surface area contributed by atoms with Gasteiger partial charge in [0.2, 0.25) is 6.10 Å². The summed E-state index contributed by atoms with van der Waals surface area (Å²) in [5, 5.41) is 19.7. The second-order valence-electron chi connectivity index (χ2n) is 7.95. The highest BCUT2D eigenvalue weighted by Crippen LogP contribution is 2.21. The normalized spacial score (nSPS) is 18.4. The molecule has 1 fully saturated rings. The van der Waals surface area contributed by atoms with Gasteiger partial charge in [-0.15, -0.1) is 10.2 Å². The third kappa shape index (κ3) is 5.40. The lowest BCUT2D eigenvalue weighted by Crippen LogP contribution is -2.41. The van der Waals surface area contributed by atoms with Gasteiger partial charge >= 0.3 is 0 Å². The molecule has 11 heteroatoms. The van der Waals surface area contributed by atoms with E-state index in [9.17, 15) is 4.79 Å². The summed E-state index contributed by atoms with van der Waals surface area (Å²) in [6, 6.07) is 3.91. The third-order valence-corrected chi connectivity index (χ3v) is 5.47. The Balaban J connectivity index is 0.000000913. The summed E-state index contributed by atoms with van der Waals surface area (Å²) in [5.74, 6) is 1.94. The minimum atomic E-state index is -0.476. The molecule has 172 valence electrons. The number of nitrogens with zero attached hydrogens (tertiary/aromatic N) is 7. The van der Waals surface area contributed by atoms with Crippen molar-refractivity contribution in [3.8, 4) is 11.5 Å². The molecule has 32 heavy (non-hydrogen) atoms. The van der Waals surface area contributed by atoms with E-state index in [2.05, 4.69) is 39.1 Å². The number of aryl methyl sites for hydroxylation is 1. The van der Waals surface area contributed by atoms with Crippen molar-refractivity contribution < 1.29 is 19.5 Å². The van der Waals surface area contributed by atoms with Crippen LogP contribution in [-0.4, -0.2) is 80.1 Å². The standard InChI is InChI=1S/C20H27N7O2.CH2O2/c1-14(2)16-13-17(29-24-16)20(28)27-9-4-8-26(11-12-27)18-6-5-15(22-23-18)19-21-7-10-25(19)3;2-1-3/h5-7,10,14,17H,4,8-9,11-13H2,1-3H3;1H,(H,2,3). The van der Waals surface area contributed by atoms with Crippen molar-refractivity contribution in [2.75, 3.05) is 31.1 Å². The molecule has 2 aliphatic rings. The van der Waals surface area contributed by atoms with Crippen LogP contribution >= 0.6 is 0 Å². The summed E-state index contributed by atoms with van der Waals surface area (Å²) in [4.78, 5) is 35.0. The first-order chi connectivity index (χ1) is 15.4. The fraction of sp³-hybridized carbons (Fsp3) is 0.524. The van der Waals surface area contributed by atoms with Crippen LogP contribution in [0.25, 0.3) is 11.5 Å². The number of aromatic nitrogens is 4. The monoisotopic (exact) mass is 443 g/mol. The molecule has 11 nitrogen and oxygen atoms in total. The molecule has 0 aliphatic carbocycles. The zero-order chi connectivity index (χ0) is 23.1. The quantitative estimate of drug-likeness (QED) is 0.703. The van der Waals surface area contributed by atoms with Crippen LogP contribution in [0.4, 0.5) is 5.82 Å². The van der Waals surface area contributed by atoms with E-state index in [1.165, 1.54) is 0 Å². The van der Waals surface area contributed by atoms with Gasteiger partial charge in [0.05, 0.1) is 5.71 Å². The van der Waals surface area contributed by atoms with Crippen LogP contribution in [0.1, 0.15) is 26.7 Å². The maximum atomic E-state index is 12.8. The average molecular weight is 444 g/mol. The first-order valence-electron chi connectivity index (χ1n) is 10.6. The second kappa shape index (κ2) is 10.7. The predicted octanol–water partition coefficient (Wildman–Crippen LogP) is 1.42. The van der Waals surface area contributed by atoms with Gasteiger partial charge in [-0.3, -0.25) is 9.59 Å². The Bertz CT molecular complexity index is 942. The molecule has 2 aliphatic heterocycles. The summed E-state index contributed by atoms with van der Waals surface area (Å²) < 4.78 is 1.92. The minimum absolute atomic E-state index is 0.0301. The van der Waals surface area contributed by atoms with E-state index in [-0.39, 0.29) is 12.4 Å². The maximum absolute atomic E-state index is 12.8. The van der Waals surface area contributed by atoms with Crippen LogP contribution in [0, 0.1) is 5.92 Å². The number of rotatable bonds is 4. The summed E-state index contributed by atoms with van der Waals surface area (Å²) in [7, 11) is 1.93. The molecule has 4 heterocycles. The molecular weight excluding hydrogens is 414 g/mol. The van der Waals surface area contributed by atoms with Gasteiger partial charge in [0.15, 0.2) is 11.6 Å². The van der Waals surface area contributed by atoms with Gasteiger partial charge in [-0.25, -0.2) is 4.98 Å². The molecule has 2 aromatic heterocycles. The Kier molecular flexibility index (Phi) is 7.74. The van der Waals surface area contributed by atoms with E-state index in [0.717, 1.165) is 36.0 Å². The fourth-order valence-corrected chi connectivity index (χ4v) is 3.67. The van der Waals surface area contributed by atoms with Crippen molar-refractivity contribution in [3.63, 3.8) is 0 Å². The Labute approximate surface area is 186 Å². The molecule has 1 atom stereocenters. The van der Waals surface area contributed by atoms with E-state index in [0.29, 0.717) is 32.0 Å². The highest BCUT2D eigenvalue weighted by molar-refractivity contribution is 5.93. The van der Waals surface area contributed by atoms with Crippen LogP contribution in [0.3, 0.4) is 0 Å². The SMILES string of the molecule is CC(C)C1=NOC(C(=O)N2CCCN(c3ccc(-c4nccn4C)nn3)CC2)C1.O=CO. The highest BCUT2D eigenvalue weighted by Gasteiger charge is 2.33. The van der Waals surface area contributed by atoms with E-state index in [1.54, 1.807) is 6.20 Å². The Hall–Kier alpha value is -3.50. The molecule has 0 radical (unpaired) electrons. The van der Waals surface area contributed by atoms with Crippen molar-refractivity contribution in [2.45, 2.75) is 32.8 Å². The molecule has 1 unspecified atom stereocenters. The van der Waals surface area contributed by atoms with Gasteiger partial charge in [0, 0.05) is 52.0 Å². The number of carboxylic acid groups (broad SMARTS) is 1. The Morgan fingerprint density at radius 3 is 2.59 bits per heavy atom. The van der Waals surface area contributed by atoms with Crippen LogP contribution in [0.5, 0.6) is 0 Å². The third-order valence-electron chi connectivity index (χ3n) is 5.47. The van der Waals surface area contributed by atoms with E-state index >= 15 is 0 Å². The van der Waals surface area contributed by atoms with Crippen molar-refractivity contribution in [3.05, 3.63) is 24.5 Å². The molecular formula is C21H29N7O4. The lowest BCUT2D eigenvalue weighted by Gasteiger charge is -2.24. The van der Waals surface area contributed by atoms with E-state index in [4.69, 9.17) is 14.7 Å². The van der Waals surface area contributed by atoms with Gasteiger partial charge in [-0.2, -0.15) is 0 Å². The molecule has 1 N–H and O–H groups in total. The van der Waals surface area contributed by atoms with Crippen molar-refractivity contribution in [1.29, 1.82) is 0 Å². The first kappa shape index (κ1) is 23.2. The Morgan fingerprint density at radius 1 is 1.22 bits per heavy atom. The molecule has 1 saturated heterocycles. The number of hydrogen-bond donors (Lipinski definition) is 1. The zero-order valence-corrected chi connectivity index (χ0v) is 18.6. The topological polar surface area (TPSA) is 126 Å². The van der Waals surface area contributed by atoms with Crippen LogP contribution in [-0.2, 0) is 21.5 Å². The van der Waals surface area contributed by atoms with E-state index in [1.807, 2.05) is 34.8 Å². The summed E-state index contributed by atoms with van der Waals surface area (Å²) in [6.45, 7) is 6.79. The molecule has 0 spiro atoms. The van der Waals surface area contributed by atoms with Gasteiger partial charge in [-0.1, -0.05) is 19.0 Å². The summed E-state index contributed by atoms with van der Waals surface area (Å²) in [5.41, 5.74) is 1.70. The van der Waals surface area contributed by atoms with Gasteiger partial charge in [0.1, 0.15) is 5.69 Å². The predicted molar refractivity (Wildman–Crippen MR) is 118 cm³/mol. The second-order valence-corrected chi connectivity index (χ2v) is 7.95. The number of amides is 1. The minimum Gasteiger partial charge on any atom is -0.483 e. The molecule has 0 bridgehead atoms. The van der Waals surface area contributed by atoms with E-state index < -0.39 is 6.10 Å². The van der Waals surface area contributed by atoms with Crippen molar-refractivity contribution >= 4 is 23.9 Å². The molecule has 2 aromatic rings. The number of anilines is 1. The average Bonchev–Trinajstić information content (AvgIpc) is 3.38. The first-order valence-corrected chi connectivity index (χ1v) is 10.6. The zero-order valence-electron chi connectivity index (χ0n) is 18.6.